The third-order valence-electron chi connectivity index (χ3n) is 1.90. The summed E-state index contributed by atoms with van der Waals surface area (Å²) >= 11 is 0. The fraction of sp³-hybridized carbons (Fsp3) is 0.375. The van der Waals surface area contributed by atoms with E-state index < -0.39 is 0 Å². The predicted molar refractivity (Wildman–Crippen MR) is 41.8 cm³/mol. The number of fused-ring (bicyclic) bond motifs is 1. The van der Waals surface area contributed by atoms with Gasteiger partial charge in [0.15, 0.2) is 0 Å². The molecule has 0 bridgehead atoms. The zero-order chi connectivity index (χ0) is 6.97. The van der Waals surface area contributed by atoms with Crippen LogP contribution in [0.4, 0.5) is 0 Å². The van der Waals surface area contributed by atoms with Gasteiger partial charge in [-0.05, 0) is 11.6 Å². The van der Waals surface area contributed by atoms with Crippen LogP contribution in [0.2, 0.25) is 0 Å². The van der Waals surface area contributed by atoms with Crippen molar-refractivity contribution < 1.29 is 0 Å². The average molecular weight is 134 g/mol. The van der Waals surface area contributed by atoms with Gasteiger partial charge in [-0.2, -0.15) is 0 Å². The highest BCUT2D eigenvalue weighted by molar-refractivity contribution is 5.70. The molecule has 2 aliphatic rings. The molecular weight excluding hydrogens is 124 g/mol. The molecule has 2 heterocycles. The van der Waals surface area contributed by atoms with E-state index in [0.717, 1.165) is 6.54 Å². The molecule has 52 valence electrons. The summed E-state index contributed by atoms with van der Waals surface area (Å²) in [5.74, 6) is 0.551. The standard InChI is InChI=1S/C8H10N2/c1-10-5-7-2-3-9-4-8(7)6-10/h2-5,8H,6H2,1H3. The van der Waals surface area contributed by atoms with Gasteiger partial charge >= 0.3 is 0 Å². The van der Waals surface area contributed by atoms with Crippen molar-refractivity contribution in [2.75, 3.05) is 13.6 Å². The van der Waals surface area contributed by atoms with Crippen molar-refractivity contribution >= 4 is 6.21 Å². The normalized spacial score (nSPS) is 28.7. The molecule has 1 unspecified atom stereocenters. The summed E-state index contributed by atoms with van der Waals surface area (Å²) in [4.78, 5) is 6.28. The first-order valence-electron chi connectivity index (χ1n) is 3.48. The van der Waals surface area contributed by atoms with E-state index in [1.54, 1.807) is 0 Å². The van der Waals surface area contributed by atoms with E-state index >= 15 is 0 Å². The van der Waals surface area contributed by atoms with Crippen LogP contribution >= 0.6 is 0 Å². The molecule has 1 atom stereocenters. The molecule has 2 aliphatic heterocycles. The predicted octanol–water partition coefficient (Wildman–Crippen LogP) is 1.03. The highest BCUT2D eigenvalue weighted by atomic mass is 15.1. The van der Waals surface area contributed by atoms with Crippen molar-refractivity contribution in [1.82, 2.24) is 4.90 Å². The molecule has 0 aromatic carbocycles. The molecule has 0 N–H and O–H groups in total. The molecule has 2 nitrogen and oxygen atoms in total. The van der Waals surface area contributed by atoms with Crippen molar-refractivity contribution in [3.05, 3.63) is 24.0 Å². The van der Waals surface area contributed by atoms with Gasteiger partial charge in [0.25, 0.3) is 0 Å². The Morgan fingerprint density at radius 3 is 3.40 bits per heavy atom. The fourth-order valence-electron chi connectivity index (χ4n) is 1.40. The molecule has 0 spiro atoms. The van der Waals surface area contributed by atoms with Crippen molar-refractivity contribution in [2.24, 2.45) is 10.9 Å². The molecule has 10 heavy (non-hydrogen) atoms. The second kappa shape index (κ2) is 1.97. The van der Waals surface area contributed by atoms with E-state index in [4.69, 9.17) is 0 Å². The molecule has 0 aliphatic carbocycles. The summed E-state index contributed by atoms with van der Waals surface area (Å²) in [6, 6.07) is 0. The van der Waals surface area contributed by atoms with E-state index in [9.17, 15) is 0 Å². The van der Waals surface area contributed by atoms with Crippen molar-refractivity contribution in [1.29, 1.82) is 0 Å². The molecule has 0 aromatic rings. The van der Waals surface area contributed by atoms with E-state index in [1.807, 2.05) is 12.4 Å². The lowest BCUT2D eigenvalue weighted by Gasteiger charge is -2.09. The Morgan fingerprint density at radius 1 is 1.70 bits per heavy atom. The average Bonchev–Trinajstić information content (AvgIpc) is 2.27. The number of hydrogen-bond donors (Lipinski definition) is 0. The lowest BCUT2D eigenvalue weighted by Crippen LogP contribution is -2.14. The first-order valence-corrected chi connectivity index (χ1v) is 3.48. The smallest absolute Gasteiger partial charge is 0.0383 e. The Hall–Kier alpha value is -1.05. The SMILES string of the molecule is CN1C=C2C=CN=CC2C1. The summed E-state index contributed by atoms with van der Waals surface area (Å²) in [6.45, 7) is 1.09. The highest BCUT2D eigenvalue weighted by Gasteiger charge is 2.19. The molecular formula is C8H10N2. The Balaban J connectivity index is 2.29. The number of rotatable bonds is 0. The first-order chi connectivity index (χ1) is 4.86. The second-order valence-electron chi connectivity index (χ2n) is 2.79. The van der Waals surface area contributed by atoms with Gasteiger partial charge in [-0.15, -0.1) is 0 Å². The Labute approximate surface area is 60.6 Å². The summed E-state index contributed by atoms with van der Waals surface area (Å²) in [7, 11) is 2.09. The van der Waals surface area contributed by atoms with E-state index in [1.165, 1.54) is 5.57 Å². The lowest BCUT2D eigenvalue weighted by atomic mass is 10.0. The zero-order valence-electron chi connectivity index (χ0n) is 5.99. The number of allylic oxidation sites excluding steroid dienone is 1. The number of hydrogen-bond acceptors (Lipinski definition) is 2. The van der Waals surface area contributed by atoms with Gasteiger partial charge in [-0.25, -0.2) is 0 Å². The number of aliphatic imine (C=N–C) groups is 1. The minimum atomic E-state index is 0.551. The Bertz CT molecular complexity index is 225. The van der Waals surface area contributed by atoms with E-state index in [0.29, 0.717) is 5.92 Å². The van der Waals surface area contributed by atoms with Crippen LogP contribution in [-0.2, 0) is 0 Å². The Morgan fingerprint density at radius 2 is 2.60 bits per heavy atom. The van der Waals surface area contributed by atoms with Gasteiger partial charge < -0.3 is 4.90 Å². The summed E-state index contributed by atoms with van der Waals surface area (Å²) in [5.41, 5.74) is 1.39. The van der Waals surface area contributed by atoms with Crippen LogP contribution < -0.4 is 0 Å². The van der Waals surface area contributed by atoms with Crippen LogP contribution in [0.1, 0.15) is 0 Å². The Kier molecular flexibility index (Phi) is 1.13. The van der Waals surface area contributed by atoms with Crippen LogP contribution in [0.5, 0.6) is 0 Å². The topological polar surface area (TPSA) is 15.6 Å². The maximum absolute atomic E-state index is 4.08. The minimum Gasteiger partial charge on any atom is -0.379 e. The third kappa shape index (κ3) is 0.764. The van der Waals surface area contributed by atoms with Crippen molar-refractivity contribution in [3.63, 3.8) is 0 Å². The van der Waals surface area contributed by atoms with Gasteiger partial charge in [-0.3, -0.25) is 4.99 Å². The quantitative estimate of drug-likeness (QED) is 0.483. The maximum atomic E-state index is 4.08. The largest absolute Gasteiger partial charge is 0.379 e. The molecule has 0 aromatic heterocycles. The monoisotopic (exact) mass is 134 g/mol. The summed E-state index contributed by atoms with van der Waals surface area (Å²) < 4.78 is 0. The van der Waals surface area contributed by atoms with Crippen LogP contribution in [-0.4, -0.2) is 24.7 Å². The van der Waals surface area contributed by atoms with E-state index in [2.05, 4.69) is 29.2 Å². The lowest BCUT2D eigenvalue weighted by molar-refractivity contribution is 0.475. The van der Waals surface area contributed by atoms with Crippen LogP contribution in [0.3, 0.4) is 0 Å². The van der Waals surface area contributed by atoms with Crippen LogP contribution in [0.15, 0.2) is 29.0 Å². The van der Waals surface area contributed by atoms with Gasteiger partial charge in [0.2, 0.25) is 0 Å². The van der Waals surface area contributed by atoms with Gasteiger partial charge in [0, 0.05) is 38.1 Å². The fourth-order valence-corrected chi connectivity index (χ4v) is 1.40. The molecule has 0 saturated heterocycles. The summed E-state index contributed by atoms with van der Waals surface area (Å²) in [5, 5.41) is 0. The molecule has 0 amide bonds. The second-order valence-corrected chi connectivity index (χ2v) is 2.79. The summed E-state index contributed by atoms with van der Waals surface area (Å²) in [6.07, 6.45) is 8.11. The van der Waals surface area contributed by atoms with Gasteiger partial charge in [0.1, 0.15) is 0 Å². The molecule has 0 radical (unpaired) electrons. The maximum Gasteiger partial charge on any atom is 0.0383 e. The molecule has 2 rings (SSSR count). The van der Waals surface area contributed by atoms with Crippen molar-refractivity contribution in [2.45, 2.75) is 0 Å². The zero-order valence-corrected chi connectivity index (χ0v) is 5.99. The third-order valence-corrected chi connectivity index (χ3v) is 1.90. The molecule has 0 fully saturated rings. The van der Waals surface area contributed by atoms with Gasteiger partial charge in [0.05, 0.1) is 0 Å². The molecule has 2 heteroatoms. The first kappa shape index (κ1) is 5.71. The molecule has 0 saturated carbocycles. The van der Waals surface area contributed by atoms with Crippen LogP contribution in [0, 0.1) is 5.92 Å². The van der Waals surface area contributed by atoms with Crippen molar-refractivity contribution in [3.8, 4) is 0 Å². The highest BCUT2D eigenvalue weighted by Crippen LogP contribution is 2.21. The van der Waals surface area contributed by atoms with Gasteiger partial charge in [-0.1, -0.05) is 0 Å². The minimum absolute atomic E-state index is 0.551. The van der Waals surface area contributed by atoms with E-state index in [-0.39, 0.29) is 0 Å². The number of nitrogens with zero attached hydrogens (tertiary/aromatic N) is 2. The van der Waals surface area contributed by atoms with Crippen LogP contribution in [0.25, 0.3) is 0 Å².